The van der Waals surface area contributed by atoms with Gasteiger partial charge in [-0.25, -0.2) is 18.1 Å². The topological polar surface area (TPSA) is 101 Å². The van der Waals surface area contributed by atoms with E-state index in [1.165, 1.54) is 12.1 Å². The molecule has 39 heavy (non-hydrogen) atoms. The van der Waals surface area contributed by atoms with Crippen LogP contribution in [-0.2, 0) is 10.0 Å². The quantitative estimate of drug-likeness (QED) is 0.445. The van der Waals surface area contributed by atoms with Gasteiger partial charge in [-0.2, -0.15) is 4.98 Å². The van der Waals surface area contributed by atoms with Crippen LogP contribution in [0.1, 0.15) is 67.4 Å². The molecule has 1 saturated carbocycles. The lowest BCUT2D eigenvalue weighted by Crippen LogP contribution is -2.49. The third-order valence-corrected chi connectivity index (χ3v) is 8.90. The summed E-state index contributed by atoms with van der Waals surface area (Å²) >= 11 is 0. The zero-order chi connectivity index (χ0) is 27.7. The molecule has 1 aliphatic heterocycles. The number of benzene rings is 2. The summed E-state index contributed by atoms with van der Waals surface area (Å²) in [6, 6.07) is 13.8. The standard InChI is InChI=1S/C30H36N4O4S/c1-19(2)15-24-18-38-27-17-26(28-20(3)9-7-10-21(28)4)31-30(32-27)33-39(36,37)25-14-8-11-22(16-25)29(35)34(24)23-12-5-6-13-23/h7-11,14,16-17,19,23-24H,5-6,12-13,15,18H2,1-4H3,(H,31,32,33)/t24-/m1/s1. The number of hydrogen-bond donors (Lipinski definition) is 1. The summed E-state index contributed by atoms with van der Waals surface area (Å²) in [6.07, 6.45) is 4.73. The van der Waals surface area contributed by atoms with E-state index in [1.807, 2.05) is 36.9 Å². The molecule has 0 saturated heterocycles. The first kappa shape index (κ1) is 27.1. The van der Waals surface area contributed by atoms with E-state index in [0.717, 1.165) is 48.8 Å². The maximum absolute atomic E-state index is 14.0. The zero-order valence-electron chi connectivity index (χ0n) is 23.0. The van der Waals surface area contributed by atoms with Gasteiger partial charge in [0.1, 0.15) is 6.61 Å². The van der Waals surface area contributed by atoms with E-state index in [4.69, 9.17) is 4.74 Å². The monoisotopic (exact) mass is 548 g/mol. The van der Waals surface area contributed by atoms with Crippen molar-refractivity contribution in [1.82, 2.24) is 14.9 Å². The fourth-order valence-corrected chi connectivity index (χ4v) is 6.80. The maximum Gasteiger partial charge on any atom is 0.264 e. The summed E-state index contributed by atoms with van der Waals surface area (Å²) < 4.78 is 35.7. The van der Waals surface area contributed by atoms with Gasteiger partial charge in [-0.1, -0.05) is 51.0 Å². The summed E-state index contributed by atoms with van der Waals surface area (Å²) in [5.74, 6) is 0.347. The van der Waals surface area contributed by atoms with Gasteiger partial charge in [0.05, 0.1) is 16.6 Å². The molecule has 3 aromatic rings. The van der Waals surface area contributed by atoms with Gasteiger partial charge in [0.15, 0.2) is 0 Å². The molecule has 1 atom stereocenters. The van der Waals surface area contributed by atoms with Crippen LogP contribution in [0.15, 0.2) is 53.4 Å². The number of sulfonamides is 1. The molecule has 1 amide bonds. The maximum atomic E-state index is 14.0. The molecule has 206 valence electrons. The Morgan fingerprint density at radius 2 is 1.72 bits per heavy atom. The molecule has 5 rings (SSSR count). The Bertz CT molecular complexity index is 1460. The van der Waals surface area contributed by atoms with E-state index >= 15 is 0 Å². The van der Waals surface area contributed by atoms with Gasteiger partial charge in [-0.05, 0) is 68.4 Å². The van der Waals surface area contributed by atoms with Crippen LogP contribution in [0.2, 0.25) is 0 Å². The number of carbonyl (C=O) groups excluding carboxylic acids is 1. The Morgan fingerprint density at radius 1 is 1.03 bits per heavy atom. The molecular weight excluding hydrogens is 512 g/mol. The van der Waals surface area contributed by atoms with Crippen LogP contribution in [0.4, 0.5) is 5.95 Å². The van der Waals surface area contributed by atoms with Crippen molar-refractivity contribution in [2.75, 3.05) is 11.3 Å². The number of nitrogens with one attached hydrogen (secondary N) is 1. The molecule has 1 fully saturated rings. The largest absolute Gasteiger partial charge is 0.475 e. The fourth-order valence-electron chi connectivity index (χ4n) is 5.82. The average Bonchev–Trinajstić information content (AvgIpc) is 3.40. The predicted molar refractivity (Wildman–Crippen MR) is 151 cm³/mol. The molecule has 1 N–H and O–H groups in total. The molecule has 8 nitrogen and oxygen atoms in total. The molecule has 2 aliphatic rings. The number of nitrogens with zero attached hydrogens (tertiary/aromatic N) is 3. The minimum atomic E-state index is -4.07. The second-order valence-corrected chi connectivity index (χ2v) is 12.7. The van der Waals surface area contributed by atoms with Gasteiger partial charge in [-0.3, -0.25) is 4.79 Å². The van der Waals surface area contributed by atoms with Gasteiger partial charge in [0.2, 0.25) is 11.8 Å². The second kappa shape index (κ2) is 11.0. The van der Waals surface area contributed by atoms with Gasteiger partial charge < -0.3 is 9.64 Å². The smallest absolute Gasteiger partial charge is 0.264 e. The van der Waals surface area contributed by atoms with Crippen molar-refractivity contribution < 1.29 is 17.9 Å². The van der Waals surface area contributed by atoms with Gasteiger partial charge in [0.25, 0.3) is 15.9 Å². The number of carbonyl (C=O) groups is 1. The molecule has 9 heteroatoms. The molecule has 1 aliphatic carbocycles. The van der Waals surface area contributed by atoms with Crippen LogP contribution in [0.3, 0.4) is 0 Å². The van der Waals surface area contributed by atoms with Crippen LogP contribution < -0.4 is 9.46 Å². The first-order valence-corrected chi connectivity index (χ1v) is 15.1. The van der Waals surface area contributed by atoms with E-state index in [2.05, 4.69) is 28.5 Å². The van der Waals surface area contributed by atoms with Gasteiger partial charge >= 0.3 is 0 Å². The Morgan fingerprint density at radius 3 is 2.41 bits per heavy atom. The SMILES string of the molecule is Cc1cccc(C)c1-c1cc2nc(n1)NS(=O)(=O)c1cccc(c1)C(=O)N(C1CCCC1)[C@H](CC(C)C)CO2. The first-order chi connectivity index (χ1) is 18.6. The Kier molecular flexibility index (Phi) is 7.62. The average molecular weight is 549 g/mol. The number of anilines is 1. The lowest BCUT2D eigenvalue weighted by atomic mass is 9.99. The highest BCUT2D eigenvalue weighted by molar-refractivity contribution is 7.92. The first-order valence-electron chi connectivity index (χ1n) is 13.7. The molecular formula is C30H36N4O4S. The van der Waals surface area contributed by atoms with Crippen LogP contribution >= 0.6 is 0 Å². The number of rotatable bonds is 4. The van der Waals surface area contributed by atoms with E-state index in [0.29, 0.717) is 17.2 Å². The number of aryl methyl sites for hydroxylation is 2. The van der Waals surface area contributed by atoms with Crippen LogP contribution in [-0.4, -0.2) is 47.9 Å². The third kappa shape index (κ3) is 5.78. The van der Waals surface area contributed by atoms with Crippen LogP contribution in [0.5, 0.6) is 5.88 Å². The highest BCUT2D eigenvalue weighted by atomic mass is 32.2. The van der Waals surface area contributed by atoms with Crippen molar-refractivity contribution in [3.05, 3.63) is 65.2 Å². The third-order valence-electron chi connectivity index (χ3n) is 7.57. The molecule has 1 aromatic heterocycles. The van der Waals surface area contributed by atoms with Crippen molar-refractivity contribution in [3.8, 4) is 17.1 Å². The van der Waals surface area contributed by atoms with Crippen molar-refractivity contribution in [3.63, 3.8) is 0 Å². The minimum absolute atomic E-state index is 0.0112. The highest BCUT2D eigenvalue weighted by Gasteiger charge is 2.35. The van der Waals surface area contributed by atoms with E-state index < -0.39 is 10.0 Å². The summed E-state index contributed by atoms with van der Waals surface area (Å²) in [6.45, 7) is 8.50. The van der Waals surface area contributed by atoms with Crippen LogP contribution in [0.25, 0.3) is 11.3 Å². The van der Waals surface area contributed by atoms with Crippen molar-refractivity contribution in [2.45, 2.75) is 76.8 Å². The molecule has 2 aromatic carbocycles. The number of ether oxygens (including phenoxy) is 1. The highest BCUT2D eigenvalue weighted by Crippen LogP contribution is 2.32. The summed E-state index contributed by atoms with van der Waals surface area (Å²) in [4.78, 5) is 25.0. The molecule has 4 bridgehead atoms. The zero-order valence-corrected chi connectivity index (χ0v) is 23.8. The Balaban J connectivity index is 1.67. The number of aromatic nitrogens is 2. The number of fused-ring (bicyclic) bond motifs is 4. The van der Waals surface area contributed by atoms with Gasteiger partial charge in [0, 0.05) is 23.2 Å². The van der Waals surface area contributed by atoms with Gasteiger partial charge in [-0.15, -0.1) is 0 Å². The second-order valence-electron chi connectivity index (χ2n) is 11.1. The van der Waals surface area contributed by atoms with E-state index in [1.54, 1.807) is 18.2 Å². The van der Waals surface area contributed by atoms with Crippen molar-refractivity contribution in [2.24, 2.45) is 5.92 Å². The number of hydrogen-bond acceptors (Lipinski definition) is 6. The summed E-state index contributed by atoms with van der Waals surface area (Å²) in [5.41, 5.74) is 3.84. The lowest BCUT2D eigenvalue weighted by Gasteiger charge is -2.37. The van der Waals surface area contributed by atoms with E-state index in [9.17, 15) is 13.2 Å². The Hall–Kier alpha value is -3.46. The van der Waals surface area contributed by atoms with Crippen molar-refractivity contribution in [1.29, 1.82) is 0 Å². The lowest BCUT2D eigenvalue weighted by molar-refractivity contribution is 0.0447. The molecule has 2 heterocycles. The predicted octanol–water partition coefficient (Wildman–Crippen LogP) is 5.75. The fraction of sp³-hybridized carbons (Fsp3) is 0.433. The normalized spacial score (nSPS) is 19.6. The van der Waals surface area contributed by atoms with E-state index in [-0.39, 0.29) is 41.3 Å². The Labute approximate surface area is 230 Å². The molecule has 0 unspecified atom stereocenters. The van der Waals surface area contributed by atoms with Crippen LogP contribution in [0, 0.1) is 19.8 Å². The molecule has 0 radical (unpaired) electrons. The minimum Gasteiger partial charge on any atom is -0.475 e. The molecule has 0 spiro atoms. The number of amides is 1. The summed E-state index contributed by atoms with van der Waals surface area (Å²) in [5, 5.41) is 0. The van der Waals surface area contributed by atoms with Crippen molar-refractivity contribution >= 4 is 21.9 Å². The summed E-state index contributed by atoms with van der Waals surface area (Å²) in [7, 11) is -4.07.